The summed E-state index contributed by atoms with van der Waals surface area (Å²) in [6, 6.07) is -0.842. The molecular formula is C16H30IN3O3. The largest absolute Gasteiger partial charge is 0.353 e. The lowest BCUT2D eigenvalue weighted by molar-refractivity contribution is -0.135. The highest BCUT2D eigenvalue weighted by molar-refractivity contribution is 14.1. The predicted octanol–water partition coefficient (Wildman–Crippen LogP) is 1.37. The Balaban J connectivity index is 4.96. The molecule has 0 radical (unpaired) electrons. The van der Waals surface area contributed by atoms with Gasteiger partial charge in [-0.05, 0) is 27.9 Å². The molecule has 0 bridgehead atoms. The van der Waals surface area contributed by atoms with Crippen molar-refractivity contribution in [1.82, 2.24) is 15.5 Å². The molecule has 0 saturated heterocycles. The van der Waals surface area contributed by atoms with Crippen molar-refractivity contribution in [1.29, 1.82) is 0 Å². The van der Waals surface area contributed by atoms with Gasteiger partial charge in [0.2, 0.25) is 11.8 Å². The summed E-state index contributed by atoms with van der Waals surface area (Å²) < 4.78 is -0.577. The molecule has 2 N–H and O–H groups in total. The number of Topliss-reactive ketones (excluding diaryl/α,β-unsaturated/α-hetero) is 1. The van der Waals surface area contributed by atoms with E-state index in [-0.39, 0.29) is 24.0 Å². The van der Waals surface area contributed by atoms with E-state index in [1.807, 2.05) is 41.6 Å². The summed E-state index contributed by atoms with van der Waals surface area (Å²) in [4.78, 5) is 38.7. The smallest absolute Gasteiger partial charge is 0.243 e. The average Bonchev–Trinajstić information content (AvgIpc) is 2.34. The molecule has 0 heterocycles. The lowest BCUT2D eigenvalue weighted by Crippen LogP contribution is -2.52. The molecule has 23 heavy (non-hydrogen) atoms. The van der Waals surface area contributed by atoms with Gasteiger partial charge in [0.25, 0.3) is 0 Å². The summed E-state index contributed by atoms with van der Waals surface area (Å²) >= 11 is 2.05. The van der Waals surface area contributed by atoms with Crippen LogP contribution in [0.15, 0.2) is 0 Å². The third-order valence-electron chi connectivity index (χ3n) is 3.21. The van der Waals surface area contributed by atoms with Crippen LogP contribution in [0.2, 0.25) is 0 Å². The SMILES string of the molecule is CN(C)CCNC(=O)C(CC(=O)C(C)(C)I)NC(=O)C(C)(C)C. The predicted molar refractivity (Wildman–Crippen MR) is 101 cm³/mol. The van der Waals surface area contributed by atoms with E-state index in [0.29, 0.717) is 13.1 Å². The molecule has 7 heteroatoms. The van der Waals surface area contributed by atoms with Gasteiger partial charge in [-0.3, -0.25) is 14.4 Å². The van der Waals surface area contributed by atoms with E-state index < -0.39 is 14.9 Å². The molecule has 0 aliphatic carbocycles. The Labute approximate surface area is 153 Å². The van der Waals surface area contributed by atoms with Crippen molar-refractivity contribution in [3.8, 4) is 0 Å². The number of nitrogens with one attached hydrogen (secondary N) is 2. The number of nitrogens with zero attached hydrogens (tertiary/aromatic N) is 1. The van der Waals surface area contributed by atoms with Crippen molar-refractivity contribution in [3.63, 3.8) is 0 Å². The van der Waals surface area contributed by atoms with Gasteiger partial charge in [-0.15, -0.1) is 0 Å². The van der Waals surface area contributed by atoms with Crippen LogP contribution < -0.4 is 10.6 Å². The molecular weight excluding hydrogens is 409 g/mol. The van der Waals surface area contributed by atoms with Crippen LogP contribution in [0.3, 0.4) is 0 Å². The number of likely N-dealkylation sites (N-methyl/N-ethyl adjacent to an activating group) is 1. The van der Waals surface area contributed by atoms with Gasteiger partial charge in [-0.1, -0.05) is 43.4 Å². The quantitative estimate of drug-likeness (QED) is 0.443. The van der Waals surface area contributed by atoms with Gasteiger partial charge in [-0.25, -0.2) is 0 Å². The number of hydrogen-bond donors (Lipinski definition) is 2. The maximum atomic E-state index is 12.4. The molecule has 0 rings (SSSR count). The fraction of sp³-hybridized carbons (Fsp3) is 0.812. The molecule has 0 aliphatic rings. The Hall–Kier alpha value is -0.700. The van der Waals surface area contributed by atoms with Crippen molar-refractivity contribution in [2.24, 2.45) is 5.41 Å². The fourth-order valence-corrected chi connectivity index (χ4v) is 1.76. The van der Waals surface area contributed by atoms with Gasteiger partial charge < -0.3 is 15.5 Å². The molecule has 1 atom stereocenters. The summed E-state index contributed by atoms with van der Waals surface area (Å²) in [5.41, 5.74) is -0.620. The minimum atomic E-state index is -0.842. The zero-order chi connectivity index (χ0) is 18.4. The molecule has 6 nitrogen and oxygen atoms in total. The van der Waals surface area contributed by atoms with Crippen molar-refractivity contribution in [2.75, 3.05) is 27.2 Å². The number of hydrogen-bond acceptors (Lipinski definition) is 4. The molecule has 0 aliphatic heterocycles. The number of halogens is 1. The minimum absolute atomic E-state index is 0.00838. The maximum Gasteiger partial charge on any atom is 0.243 e. The van der Waals surface area contributed by atoms with E-state index in [1.54, 1.807) is 34.6 Å². The van der Waals surface area contributed by atoms with Gasteiger partial charge in [0.05, 0.1) is 3.42 Å². The first-order chi connectivity index (χ1) is 10.2. The van der Waals surface area contributed by atoms with E-state index in [4.69, 9.17) is 0 Å². The first-order valence-corrected chi connectivity index (χ1v) is 8.78. The standard InChI is InChI=1S/C16H30IN3O3/c1-15(2,3)14(23)19-11(10-12(21)16(4,5)17)13(22)18-8-9-20(6)7/h11H,8-10H2,1-7H3,(H,18,22)(H,19,23). The lowest BCUT2D eigenvalue weighted by Gasteiger charge is -2.25. The second kappa shape index (κ2) is 8.96. The molecule has 2 amide bonds. The molecule has 0 fully saturated rings. The number of carbonyl (C=O) groups is 3. The van der Waals surface area contributed by atoms with E-state index in [1.165, 1.54) is 0 Å². The Morgan fingerprint density at radius 2 is 1.61 bits per heavy atom. The van der Waals surface area contributed by atoms with Gasteiger partial charge in [0, 0.05) is 24.9 Å². The summed E-state index contributed by atoms with van der Waals surface area (Å²) in [6.45, 7) is 10.1. The van der Waals surface area contributed by atoms with E-state index in [0.717, 1.165) is 0 Å². The van der Waals surface area contributed by atoms with Crippen LogP contribution in [-0.2, 0) is 14.4 Å². The first-order valence-electron chi connectivity index (χ1n) is 7.70. The molecule has 0 aromatic rings. The monoisotopic (exact) mass is 439 g/mol. The Morgan fingerprint density at radius 3 is 2.00 bits per heavy atom. The third-order valence-corrected chi connectivity index (χ3v) is 3.82. The lowest BCUT2D eigenvalue weighted by atomic mass is 9.94. The third kappa shape index (κ3) is 9.24. The highest BCUT2D eigenvalue weighted by Crippen LogP contribution is 2.21. The van der Waals surface area contributed by atoms with Gasteiger partial charge in [0.15, 0.2) is 5.78 Å². The van der Waals surface area contributed by atoms with Crippen molar-refractivity contribution in [3.05, 3.63) is 0 Å². The van der Waals surface area contributed by atoms with Crippen LogP contribution in [0.5, 0.6) is 0 Å². The van der Waals surface area contributed by atoms with Crippen LogP contribution in [0.4, 0.5) is 0 Å². The molecule has 0 aromatic carbocycles. The second-order valence-electron chi connectivity index (χ2n) is 7.47. The first kappa shape index (κ1) is 22.3. The van der Waals surface area contributed by atoms with Crippen LogP contribution in [0.1, 0.15) is 41.0 Å². The number of ketones is 1. The number of alkyl halides is 1. The van der Waals surface area contributed by atoms with Gasteiger partial charge in [0.1, 0.15) is 6.04 Å². The summed E-state index contributed by atoms with van der Waals surface area (Å²) in [7, 11) is 3.82. The highest BCUT2D eigenvalue weighted by atomic mass is 127. The van der Waals surface area contributed by atoms with Gasteiger partial charge in [-0.2, -0.15) is 0 Å². The second-order valence-corrected chi connectivity index (χ2v) is 10.2. The zero-order valence-corrected chi connectivity index (χ0v) is 17.4. The number of rotatable bonds is 8. The number of carbonyl (C=O) groups excluding carboxylic acids is 3. The molecule has 0 saturated carbocycles. The van der Waals surface area contributed by atoms with Crippen molar-refractivity contribution < 1.29 is 14.4 Å². The van der Waals surface area contributed by atoms with E-state index >= 15 is 0 Å². The summed E-state index contributed by atoms with van der Waals surface area (Å²) in [5.74, 6) is -0.636. The molecule has 0 aromatic heterocycles. The zero-order valence-electron chi connectivity index (χ0n) is 15.2. The minimum Gasteiger partial charge on any atom is -0.353 e. The van der Waals surface area contributed by atoms with Crippen LogP contribution in [0, 0.1) is 5.41 Å². The van der Waals surface area contributed by atoms with E-state index in [2.05, 4.69) is 10.6 Å². The van der Waals surface area contributed by atoms with Crippen LogP contribution >= 0.6 is 22.6 Å². The van der Waals surface area contributed by atoms with Crippen LogP contribution in [-0.4, -0.2) is 59.1 Å². The Kier molecular flexibility index (Phi) is 8.69. The summed E-state index contributed by atoms with van der Waals surface area (Å²) in [6.07, 6.45) is -0.00838. The molecule has 0 spiro atoms. The topological polar surface area (TPSA) is 78.5 Å². The molecule has 134 valence electrons. The average molecular weight is 439 g/mol. The van der Waals surface area contributed by atoms with Crippen LogP contribution in [0.25, 0.3) is 0 Å². The Morgan fingerprint density at radius 1 is 1.09 bits per heavy atom. The fourth-order valence-electron chi connectivity index (χ4n) is 1.54. The van der Waals surface area contributed by atoms with Gasteiger partial charge >= 0.3 is 0 Å². The van der Waals surface area contributed by atoms with Crippen molar-refractivity contribution in [2.45, 2.75) is 50.5 Å². The highest BCUT2D eigenvalue weighted by Gasteiger charge is 2.32. The van der Waals surface area contributed by atoms with Crippen molar-refractivity contribution >= 4 is 40.2 Å². The normalized spacial score (nSPS) is 13.6. The maximum absolute atomic E-state index is 12.4. The van der Waals surface area contributed by atoms with E-state index in [9.17, 15) is 14.4 Å². The number of amides is 2. The summed E-state index contributed by atoms with van der Waals surface area (Å²) in [5, 5.41) is 5.49. The Bertz CT molecular complexity index is 409. The molecule has 1 unspecified atom stereocenters.